The van der Waals surface area contributed by atoms with Crippen molar-refractivity contribution in [2.75, 3.05) is 13.2 Å². The zero-order valence-corrected chi connectivity index (χ0v) is 10.0. The molecule has 1 aromatic rings. The van der Waals surface area contributed by atoms with Gasteiger partial charge in [0.1, 0.15) is 12.4 Å². The number of carboxylic acids is 1. The lowest BCUT2D eigenvalue weighted by atomic mass is 10.1. The summed E-state index contributed by atoms with van der Waals surface area (Å²) in [6.45, 7) is 3.64. The molecule has 1 aliphatic rings. The molecule has 2 heterocycles. The van der Waals surface area contributed by atoms with Gasteiger partial charge in [0.05, 0.1) is 0 Å². The van der Waals surface area contributed by atoms with Gasteiger partial charge in [-0.05, 0) is 25.0 Å². The number of aliphatic carboxylic acids is 1. The third-order valence-corrected chi connectivity index (χ3v) is 2.21. The number of aromatic nitrogens is 1. The Kier molecular flexibility index (Phi) is 5.16. The summed E-state index contributed by atoms with van der Waals surface area (Å²) in [4.78, 5) is 8.90. The van der Waals surface area contributed by atoms with Crippen LogP contribution in [0.2, 0.25) is 0 Å². The molecule has 2 N–H and O–H groups in total. The average molecular weight is 282 g/mol. The number of ether oxygens (including phenoxy) is 1. The highest BCUT2D eigenvalue weighted by molar-refractivity contribution is 5.73. The first kappa shape index (κ1) is 15.3. The number of rotatable bonds is 3. The van der Waals surface area contributed by atoms with Crippen molar-refractivity contribution in [2.45, 2.75) is 25.6 Å². The van der Waals surface area contributed by atoms with Gasteiger partial charge in [0, 0.05) is 12.1 Å². The van der Waals surface area contributed by atoms with Crippen LogP contribution in [0, 0.1) is 6.92 Å². The Morgan fingerprint density at radius 3 is 2.58 bits per heavy atom. The van der Waals surface area contributed by atoms with Crippen LogP contribution in [-0.4, -0.2) is 41.6 Å². The Hall–Kier alpha value is -1.77. The molecule has 9 heteroatoms. The van der Waals surface area contributed by atoms with Gasteiger partial charge in [0.25, 0.3) is 5.88 Å². The molecule has 0 bridgehead atoms. The van der Waals surface area contributed by atoms with Crippen LogP contribution >= 0.6 is 0 Å². The molecule has 6 nitrogen and oxygen atoms in total. The van der Waals surface area contributed by atoms with Crippen molar-refractivity contribution >= 4 is 5.97 Å². The number of nitrogens with zero attached hydrogens (tertiary/aromatic N) is 1. The van der Waals surface area contributed by atoms with Crippen molar-refractivity contribution in [3.63, 3.8) is 0 Å². The predicted molar refractivity (Wildman–Crippen MR) is 56.8 cm³/mol. The second kappa shape index (κ2) is 6.41. The normalized spacial score (nSPS) is 18.0. The maximum Gasteiger partial charge on any atom is 0.490 e. The second-order valence-corrected chi connectivity index (χ2v) is 3.83. The molecule has 0 spiro atoms. The lowest BCUT2D eigenvalue weighted by Crippen LogP contribution is -2.46. The number of carboxylic acid groups (broad SMARTS) is 1. The monoisotopic (exact) mass is 282 g/mol. The van der Waals surface area contributed by atoms with Crippen LogP contribution in [0.3, 0.4) is 0 Å². The molecule has 0 amide bonds. The zero-order chi connectivity index (χ0) is 14.5. The minimum absolute atomic E-state index is 0.502. The predicted octanol–water partition coefficient (Wildman–Crippen LogP) is 1.36. The minimum atomic E-state index is -5.08. The lowest BCUT2D eigenvalue weighted by molar-refractivity contribution is -0.192. The Morgan fingerprint density at radius 2 is 2.26 bits per heavy atom. The Morgan fingerprint density at radius 1 is 1.68 bits per heavy atom. The van der Waals surface area contributed by atoms with Crippen LogP contribution < -0.4 is 10.1 Å². The molecule has 1 fully saturated rings. The minimum Gasteiger partial charge on any atom is -0.475 e. The number of aryl methyl sites for hydroxylation is 1. The SMILES string of the molecule is Cc1cc(OC[C@@H]2CCN2)no1.O=C(O)C(F)(F)F. The van der Waals surface area contributed by atoms with Gasteiger partial charge in [-0.25, -0.2) is 4.79 Å². The Labute approximate surface area is 106 Å². The van der Waals surface area contributed by atoms with E-state index < -0.39 is 12.1 Å². The molecule has 2 rings (SSSR count). The summed E-state index contributed by atoms with van der Waals surface area (Å²) in [5.74, 6) is -1.39. The molecule has 1 aromatic heterocycles. The third-order valence-electron chi connectivity index (χ3n) is 2.21. The van der Waals surface area contributed by atoms with Crippen LogP contribution in [0.15, 0.2) is 10.6 Å². The van der Waals surface area contributed by atoms with E-state index in [1.807, 2.05) is 6.92 Å². The molecule has 0 aromatic carbocycles. The van der Waals surface area contributed by atoms with Crippen molar-refractivity contribution in [3.8, 4) is 5.88 Å². The molecule has 1 aliphatic heterocycles. The maximum absolute atomic E-state index is 10.6. The molecule has 0 saturated carbocycles. The van der Waals surface area contributed by atoms with Gasteiger partial charge in [-0.1, -0.05) is 0 Å². The topological polar surface area (TPSA) is 84.6 Å². The molecular formula is C10H13F3N2O4. The van der Waals surface area contributed by atoms with E-state index in [4.69, 9.17) is 19.2 Å². The van der Waals surface area contributed by atoms with Gasteiger partial charge in [0.2, 0.25) is 0 Å². The number of carbonyl (C=O) groups is 1. The number of alkyl halides is 3. The first-order chi connectivity index (χ1) is 8.79. The summed E-state index contributed by atoms with van der Waals surface area (Å²) >= 11 is 0. The fourth-order valence-corrected chi connectivity index (χ4v) is 1.09. The fourth-order valence-electron chi connectivity index (χ4n) is 1.09. The van der Waals surface area contributed by atoms with Gasteiger partial charge < -0.3 is 19.7 Å². The first-order valence-corrected chi connectivity index (χ1v) is 5.38. The van der Waals surface area contributed by atoms with Gasteiger partial charge in [-0.15, -0.1) is 0 Å². The van der Waals surface area contributed by atoms with E-state index in [1.165, 1.54) is 6.42 Å². The number of hydrogen-bond donors (Lipinski definition) is 2. The van der Waals surface area contributed by atoms with Crippen molar-refractivity contribution in [1.82, 2.24) is 10.5 Å². The molecule has 0 aliphatic carbocycles. The smallest absolute Gasteiger partial charge is 0.475 e. The highest BCUT2D eigenvalue weighted by Crippen LogP contribution is 2.13. The number of halogens is 3. The molecule has 0 radical (unpaired) electrons. The molecule has 1 atom stereocenters. The summed E-state index contributed by atoms with van der Waals surface area (Å²) in [6, 6.07) is 2.29. The van der Waals surface area contributed by atoms with E-state index in [1.54, 1.807) is 6.07 Å². The highest BCUT2D eigenvalue weighted by atomic mass is 19.4. The summed E-state index contributed by atoms with van der Waals surface area (Å²) < 4.78 is 42.0. The maximum atomic E-state index is 10.6. The largest absolute Gasteiger partial charge is 0.490 e. The van der Waals surface area contributed by atoms with E-state index in [9.17, 15) is 13.2 Å². The van der Waals surface area contributed by atoms with E-state index in [0.717, 1.165) is 12.3 Å². The van der Waals surface area contributed by atoms with E-state index in [0.29, 0.717) is 18.5 Å². The molecule has 19 heavy (non-hydrogen) atoms. The molecular weight excluding hydrogens is 269 g/mol. The van der Waals surface area contributed by atoms with Crippen LogP contribution in [0.4, 0.5) is 13.2 Å². The highest BCUT2D eigenvalue weighted by Gasteiger charge is 2.38. The average Bonchev–Trinajstić information content (AvgIpc) is 2.61. The Bertz CT molecular complexity index is 415. The van der Waals surface area contributed by atoms with Gasteiger partial charge in [0.15, 0.2) is 0 Å². The molecule has 0 unspecified atom stereocenters. The summed E-state index contributed by atoms with van der Waals surface area (Å²) in [5, 5.41) is 14.1. The van der Waals surface area contributed by atoms with Crippen LogP contribution in [0.5, 0.6) is 5.88 Å². The van der Waals surface area contributed by atoms with E-state index in [2.05, 4.69) is 10.5 Å². The summed E-state index contributed by atoms with van der Waals surface area (Å²) in [5.41, 5.74) is 0. The first-order valence-electron chi connectivity index (χ1n) is 5.38. The zero-order valence-electron chi connectivity index (χ0n) is 10.0. The fraction of sp³-hybridized carbons (Fsp3) is 0.600. The van der Waals surface area contributed by atoms with Gasteiger partial charge in [-0.2, -0.15) is 13.2 Å². The van der Waals surface area contributed by atoms with Crippen LogP contribution in [0.1, 0.15) is 12.2 Å². The van der Waals surface area contributed by atoms with Crippen molar-refractivity contribution in [1.29, 1.82) is 0 Å². The van der Waals surface area contributed by atoms with Gasteiger partial charge >= 0.3 is 12.1 Å². The van der Waals surface area contributed by atoms with Crippen LogP contribution in [0.25, 0.3) is 0 Å². The summed E-state index contributed by atoms with van der Waals surface area (Å²) in [7, 11) is 0. The summed E-state index contributed by atoms with van der Waals surface area (Å²) in [6.07, 6.45) is -3.89. The van der Waals surface area contributed by atoms with E-state index in [-0.39, 0.29) is 0 Å². The van der Waals surface area contributed by atoms with Crippen molar-refractivity contribution in [3.05, 3.63) is 11.8 Å². The standard InChI is InChI=1S/C8H12N2O2.C2HF3O2/c1-6-4-8(10-12-6)11-5-7-2-3-9-7;3-2(4,5)1(6)7/h4,7,9H,2-3,5H2,1H3;(H,6,7)/t7-;/m0./s1. The quantitative estimate of drug-likeness (QED) is 0.870. The molecule has 1 saturated heterocycles. The van der Waals surface area contributed by atoms with Crippen LogP contribution in [-0.2, 0) is 4.79 Å². The Balaban J connectivity index is 0.000000224. The second-order valence-electron chi connectivity index (χ2n) is 3.83. The number of hydrogen-bond acceptors (Lipinski definition) is 5. The van der Waals surface area contributed by atoms with Crippen molar-refractivity contribution < 1.29 is 32.3 Å². The van der Waals surface area contributed by atoms with Crippen molar-refractivity contribution in [2.24, 2.45) is 0 Å². The third kappa shape index (κ3) is 5.60. The molecule has 108 valence electrons. The lowest BCUT2D eigenvalue weighted by Gasteiger charge is -2.26. The van der Waals surface area contributed by atoms with E-state index >= 15 is 0 Å². The van der Waals surface area contributed by atoms with Gasteiger partial charge in [-0.3, -0.25) is 0 Å². The number of nitrogens with one attached hydrogen (secondary N) is 1.